The Bertz CT molecular complexity index is 46.9. The number of rotatable bonds is 1. The molecule has 3 radical (unpaired) electrons. The van der Waals surface area contributed by atoms with Crippen molar-refractivity contribution in [1.82, 2.24) is 0 Å². The van der Waals surface area contributed by atoms with Crippen molar-refractivity contribution in [3.8, 4) is 0 Å². The zero-order chi connectivity index (χ0) is 4.12. The van der Waals surface area contributed by atoms with Gasteiger partial charge in [0.15, 0.2) is 0 Å². The summed E-state index contributed by atoms with van der Waals surface area (Å²) in [6, 6.07) is 0. The molecular weight excluding hydrogens is 266 g/mol. The van der Waals surface area contributed by atoms with Crippen LogP contribution >= 0.6 is 0 Å². The molecule has 0 N–H and O–H groups in total. The second kappa shape index (κ2) is 5.35. The fourth-order valence-corrected chi connectivity index (χ4v) is 2.89. The van der Waals surface area contributed by atoms with Crippen molar-refractivity contribution in [3.63, 3.8) is 0 Å². The van der Waals surface area contributed by atoms with Gasteiger partial charge in [-0.2, -0.15) is 0 Å². The molecule has 0 aromatic rings. The Hall–Kier alpha value is 1.35. The Kier molecular flexibility index (Phi) is 6.80. The Morgan fingerprint density at radius 3 is 2.00 bits per heavy atom. The second-order valence-corrected chi connectivity index (χ2v) is 2.77. The predicted molar refractivity (Wildman–Crippen MR) is 26.7 cm³/mol. The molecule has 0 amide bonds. The van der Waals surface area contributed by atoms with Crippen molar-refractivity contribution in [2.45, 2.75) is 0 Å². The van der Waals surface area contributed by atoms with Crippen LogP contribution in [0.4, 0.5) is 0 Å². The van der Waals surface area contributed by atoms with Crippen molar-refractivity contribution in [3.05, 3.63) is 9.91 Å². The van der Waals surface area contributed by atoms with E-state index in [0.717, 1.165) is 0 Å². The van der Waals surface area contributed by atoms with Gasteiger partial charge in [-0.05, 0) is 0 Å². The zero-order valence-corrected chi connectivity index (χ0v) is 9.48. The summed E-state index contributed by atoms with van der Waals surface area (Å²) in [5.41, 5.74) is 0. The van der Waals surface area contributed by atoms with Crippen LogP contribution in [0, 0.1) is 0 Å². The van der Waals surface area contributed by atoms with Gasteiger partial charge in [-0.3, -0.25) is 0 Å². The number of hydrogen-bond acceptors (Lipinski definition) is 0. The van der Waals surface area contributed by atoms with Crippen LogP contribution in [0.3, 0.4) is 0 Å². The average Bonchev–Trinajstić information content (AvgIpc) is 1.41. The van der Waals surface area contributed by atoms with Gasteiger partial charge in [0.2, 0.25) is 0 Å². The minimum absolute atomic E-state index is 1.26. The number of allylic oxidation sites excluding steroid dienone is 1. The molecule has 0 rings (SSSR count). The van der Waals surface area contributed by atoms with Crippen LogP contribution in [0.15, 0.2) is 9.91 Å². The molecular formula is C3H3In2. The van der Waals surface area contributed by atoms with Crippen molar-refractivity contribution >= 4 is 52.0 Å². The van der Waals surface area contributed by atoms with Crippen LogP contribution in [0.1, 0.15) is 0 Å². The molecule has 0 heterocycles. The number of hydrogen-bond donors (Lipinski definition) is 0. The third-order valence-corrected chi connectivity index (χ3v) is 1.49. The molecule has 0 spiro atoms. The molecule has 0 aromatic carbocycles. The first kappa shape index (κ1) is 6.35. The molecule has 5 heavy (non-hydrogen) atoms. The van der Waals surface area contributed by atoms with E-state index in [1.54, 1.807) is 0 Å². The van der Waals surface area contributed by atoms with E-state index in [9.17, 15) is 0 Å². The summed E-state index contributed by atoms with van der Waals surface area (Å²) < 4.78 is 4.32. The van der Waals surface area contributed by atoms with Crippen molar-refractivity contribution in [2.24, 2.45) is 0 Å². The van der Waals surface area contributed by atoms with Crippen LogP contribution in [-0.2, 0) is 0 Å². The summed E-state index contributed by atoms with van der Waals surface area (Å²) in [4.78, 5) is 0. The first-order valence-electron chi connectivity index (χ1n) is 1.33. The van der Waals surface area contributed by atoms with Crippen LogP contribution in [0.25, 0.3) is 0 Å². The first-order valence-corrected chi connectivity index (χ1v) is 5.14. The van der Waals surface area contributed by atoms with Gasteiger partial charge < -0.3 is 0 Å². The minimum atomic E-state index is 1.26. The fraction of sp³-hybridized carbons (Fsp3) is 0. The summed E-state index contributed by atoms with van der Waals surface area (Å²) in [6.45, 7) is 0. The topological polar surface area (TPSA) is 0 Å². The third kappa shape index (κ3) is 5.35. The second-order valence-electron chi connectivity index (χ2n) is 0.577. The van der Waals surface area contributed by atoms with E-state index in [-0.39, 0.29) is 0 Å². The Labute approximate surface area is 61.3 Å². The first-order chi connectivity index (χ1) is 2.41. The molecule has 0 atom stereocenters. The van der Waals surface area contributed by atoms with Crippen LogP contribution < -0.4 is 0 Å². The van der Waals surface area contributed by atoms with Gasteiger partial charge in [-0.15, -0.1) is 0 Å². The zero-order valence-electron chi connectivity index (χ0n) is 2.89. The monoisotopic (exact) mass is 269 g/mol. The standard InChI is InChI=1S/C3H3.2In/c1-3-2;;/h1-3H;;. The van der Waals surface area contributed by atoms with Gasteiger partial charge >= 0.3 is 61.9 Å². The molecule has 0 nitrogen and oxygen atoms in total. The fourth-order valence-electron chi connectivity index (χ4n) is 0.0642. The SMILES string of the molecule is [In]/[CH]=C\[CH]=[In]. The normalized spacial score (nSPS) is 8.60. The summed E-state index contributed by atoms with van der Waals surface area (Å²) in [5.74, 6) is 0. The summed E-state index contributed by atoms with van der Waals surface area (Å²) >= 11 is 2.52. The van der Waals surface area contributed by atoms with E-state index >= 15 is 0 Å². The molecule has 0 unspecified atom stereocenters. The molecule has 0 aliphatic carbocycles. The van der Waals surface area contributed by atoms with E-state index < -0.39 is 0 Å². The van der Waals surface area contributed by atoms with E-state index in [0.29, 0.717) is 0 Å². The predicted octanol–water partition coefficient (Wildman–Crippen LogP) is -0.361. The van der Waals surface area contributed by atoms with E-state index in [2.05, 4.69) is 13.7 Å². The molecule has 0 aliphatic rings. The van der Waals surface area contributed by atoms with Crippen LogP contribution in [-0.4, -0.2) is 52.0 Å². The molecule has 0 fully saturated rings. The van der Waals surface area contributed by atoms with E-state index in [4.69, 9.17) is 0 Å². The molecule has 2 heteroatoms. The Balaban J connectivity index is 2.92. The molecule has 0 aromatic heterocycles. The van der Waals surface area contributed by atoms with Gasteiger partial charge in [-0.1, -0.05) is 0 Å². The molecule has 0 saturated carbocycles. The van der Waals surface area contributed by atoms with Crippen molar-refractivity contribution in [2.75, 3.05) is 0 Å². The van der Waals surface area contributed by atoms with Gasteiger partial charge in [0.25, 0.3) is 0 Å². The van der Waals surface area contributed by atoms with Gasteiger partial charge in [0.05, 0.1) is 0 Å². The molecule has 21 valence electrons. The molecule has 0 aliphatic heterocycles. The Morgan fingerprint density at radius 1 is 1.40 bits per heavy atom. The van der Waals surface area contributed by atoms with Crippen molar-refractivity contribution in [1.29, 1.82) is 0 Å². The van der Waals surface area contributed by atoms with Gasteiger partial charge in [-0.25, -0.2) is 0 Å². The summed E-state index contributed by atoms with van der Waals surface area (Å²) in [7, 11) is 0. The summed E-state index contributed by atoms with van der Waals surface area (Å²) in [5, 5.41) is 0. The Morgan fingerprint density at radius 2 is 2.00 bits per heavy atom. The van der Waals surface area contributed by atoms with Gasteiger partial charge in [0, 0.05) is 0 Å². The third-order valence-electron chi connectivity index (χ3n) is 0.222. The maximum atomic E-state index is 2.16. The quantitative estimate of drug-likeness (QED) is 0.609. The van der Waals surface area contributed by atoms with Crippen LogP contribution in [0.2, 0.25) is 0 Å². The molecule has 0 bridgehead atoms. The van der Waals surface area contributed by atoms with Crippen LogP contribution in [0.5, 0.6) is 0 Å². The van der Waals surface area contributed by atoms with E-state index in [1.165, 1.54) is 48.3 Å². The van der Waals surface area contributed by atoms with E-state index in [1.807, 2.05) is 0 Å². The average molecular weight is 269 g/mol. The molecule has 0 saturated heterocycles. The maximum absolute atomic E-state index is 2.16. The van der Waals surface area contributed by atoms with Crippen molar-refractivity contribution < 1.29 is 0 Å². The summed E-state index contributed by atoms with van der Waals surface area (Å²) in [6.07, 6.45) is 2.12. The van der Waals surface area contributed by atoms with Gasteiger partial charge in [0.1, 0.15) is 0 Å².